The van der Waals surface area contributed by atoms with Gasteiger partial charge in [0, 0.05) is 45.4 Å². The van der Waals surface area contributed by atoms with Crippen molar-refractivity contribution in [1.82, 2.24) is 0 Å². The minimum absolute atomic E-state index is 0.312. The minimum Gasteiger partial charge on any atom is -0.113 e. The van der Waals surface area contributed by atoms with E-state index < -0.39 is 0 Å². The number of benzene rings is 7. The van der Waals surface area contributed by atoms with Crippen LogP contribution in [-0.4, -0.2) is 239 Å². The molecule has 0 amide bonds. The van der Waals surface area contributed by atoms with E-state index in [1.54, 1.807) is 54.6 Å². The predicted molar refractivity (Wildman–Crippen MR) is 462 cm³/mol. The van der Waals surface area contributed by atoms with Gasteiger partial charge in [-0.1, -0.05) is 27.3 Å². The van der Waals surface area contributed by atoms with Crippen molar-refractivity contribution in [2.45, 2.75) is 104 Å². The van der Waals surface area contributed by atoms with Gasteiger partial charge in [-0.2, -0.15) is 0 Å². The monoisotopic (exact) mass is 1040 g/mol. The number of rotatable bonds is 17. The molecule has 0 spiro atoms. The fraction of sp³-hybridized carbons (Fsp3) is 0.306. The van der Waals surface area contributed by atoms with Crippen LogP contribution < -0.4 is 38.2 Å². The first-order valence-electron chi connectivity index (χ1n) is 33.4. The lowest BCUT2D eigenvalue weighted by Crippen LogP contribution is -2.80. The molecule has 0 saturated heterocycles. The zero-order chi connectivity index (χ0) is 61.8. The Morgan fingerprint density at radius 3 is 1.04 bits per heavy atom. The van der Waals surface area contributed by atoms with Crippen LogP contribution in [0.15, 0.2) is 0 Å². The fourth-order valence-corrected chi connectivity index (χ4v) is 17.4. The molecule has 0 saturated carbocycles. The Hall–Kier alpha value is -2.28. The molecule has 33 heteroatoms. The molecule has 7 aromatic carbocycles. The Kier molecular flexibility index (Phi) is 20.9. The third kappa shape index (κ3) is 10.4. The predicted octanol–water partition coefficient (Wildman–Crippen LogP) is -14.8. The van der Waals surface area contributed by atoms with Gasteiger partial charge in [-0.25, -0.2) is 0 Å². The number of fused-ring (bicyclic) bond motifs is 4. The van der Waals surface area contributed by atoms with Crippen LogP contribution in [0.5, 0.6) is 0 Å². The lowest BCUT2D eigenvalue weighted by molar-refractivity contribution is 1.22. The lowest BCUT2D eigenvalue weighted by Gasteiger charge is -2.42. The average molecular weight is 1030 g/mol. The molecule has 380 valence electrons. The summed E-state index contributed by atoms with van der Waals surface area (Å²) in [5.74, 6) is 0. The van der Waals surface area contributed by atoms with Crippen LogP contribution in [-0.2, 0) is 0 Å². The molecule has 0 aliphatic carbocycles. The van der Waals surface area contributed by atoms with Crippen LogP contribution in [0.4, 0.5) is 0 Å². The van der Waals surface area contributed by atoms with E-state index >= 15 is 0 Å². The summed E-state index contributed by atoms with van der Waals surface area (Å²) in [7, 11) is 50.5. The third-order valence-electron chi connectivity index (χ3n) is 23.6. The zero-order valence-corrected chi connectivity index (χ0v) is 59.2. The summed E-state index contributed by atoms with van der Waals surface area (Å²) in [6.07, 6.45) is 2.98. The summed E-state index contributed by atoms with van der Waals surface area (Å²) in [4.78, 5) is 0. The zero-order valence-electron chi connectivity index (χ0n) is 59.2. The van der Waals surface area contributed by atoms with Gasteiger partial charge in [0.2, 0.25) is 0 Å². The van der Waals surface area contributed by atoms with Crippen LogP contribution in [0.25, 0.3) is 65.3 Å². The third-order valence-corrected chi connectivity index (χ3v) is 23.6. The number of hydrogen-bond acceptors (Lipinski definition) is 0. The second-order valence-corrected chi connectivity index (χ2v) is 29.2. The van der Waals surface area contributed by atoms with E-state index in [-0.39, 0.29) is 0 Å². The maximum Gasteiger partial charge on any atom is 0.139 e. The van der Waals surface area contributed by atoms with E-state index in [2.05, 4.69) is 243 Å². The largest absolute Gasteiger partial charge is 0.139 e. The normalized spacial score (nSPS) is 11.3. The second kappa shape index (κ2) is 25.4. The standard InChI is InChI=1S/C49H85B33/c1-16-18(3)25(10)33-31(22(16)7)24(9)20(5)27(12)35(33)39-34-26(11)19(4)17(2)23(8)32(34)30(15)38-36(39)28(13)21(6)29(14)37(38)41-44(68-51)43(50)40-42(45(41)72(55)69-52)46(73(56)77(57)58)48(74(70-53)78(59)60)49(75(79(61)62)80(63)64)47(40)76(81(65)66)82(67)71-54/h68-71H,50-67H2,1-15H3. The van der Waals surface area contributed by atoms with Gasteiger partial charge in [-0.3, -0.25) is 0 Å². The van der Waals surface area contributed by atoms with Crippen LogP contribution in [0.2, 0.25) is 0 Å². The van der Waals surface area contributed by atoms with E-state index in [1.165, 1.54) is 140 Å². The highest BCUT2D eigenvalue weighted by Crippen LogP contribution is 2.53. The molecule has 0 heterocycles. The second-order valence-electron chi connectivity index (χ2n) is 29.2. The molecule has 0 bridgehead atoms. The SMILES string of the molecule is BBB(B)B(B(B)B)c1c(B(B(B)B)B(B)B)c(B(BB)B(B)B)c(B(B)B(B)B)c2c(B(B)BB)c(-c3c(C)c(C)c(C)c4c(-c5c(C)c(C)c(C)c6c(C)c(C)c(C)c(C)c56)c5c(C)c(C)c(C)c(C)c5c(C)c34)c(BB)c(B)c12. The topological polar surface area (TPSA) is 0 Å². The van der Waals surface area contributed by atoms with Crippen molar-refractivity contribution in [2.24, 2.45) is 0 Å². The van der Waals surface area contributed by atoms with Crippen LogP contribution >= 0.6 is 0 Å². The number of hydrogen-bond donors (Lipinski definition) is 0. The van der Waals surface area contributed by atoms with Crippen molar-refractivity contribution in [3.63, 3.8) is 0 Å². The molecule has 0 radical (unpaired) electrons. The first-order valence-corrected chi connectivity index (χ1v) is 33.4. The molecule has 7 rings (SSSR count). The summed E-state index contributed by atoms with van der Waals surface area (Å²) in [6, 6.07) is 0. The molecule has 0 N–H and O–H groups in total. The van der Waals surface area contributed by atoms with Crippen molar-refractivity contribution in [3.8, 4) is 22.3 Å². The van der Waals surface area contributed by atoms with Gasteiger partial charge >= 0.3 is 0 Å². The van der Waals surface area contributed by atoms with Crippen LogP contribution in [0.3, 0.4) is 0 Å². The first kappa shape index (κ1) is 67.2. The molecule has 0 nitrogen and oxygen atoms in total. The molecule has 7 aromatic rings. The molecule has 0 atom stereocenters. The molecular weight excluding hydrogens is 945 g/mol. The minimum atomic E-state index is 0.312. The highest BCUT2D eigenvalue weighted by molar-refractivity contribution is 7.89. The van der Waals surface area contributed by atoms with Gasteiger partial charge in [0.15, 0.2) is 0 Å². The van der Waals surface area contributed by atoms with Crippen molar-refractivity contribution in [2.75, 3.05) is 0 Å². The van der Waals surface area contributed by atoms with E-state index in [0.717, 1.165) is 21.3 Å². The Bertz CT molecular complexity index is 3720. The molecule has 0 aliphatic rings. The van der Waals surface area contributed by atoms with Gasteiger partial charge in [0.1, 0.15) is 15.0 Å². The maximum atomic E-state index is 2.65. The summed E-state index contributed by atoms with van der Waals surface area (Å²) in [5.41, 5.74) is 39.2. The average Bonchev–Trinajstić information content (AvgIpc) is 1.22. The molecular formula is C49H85B33. The Balaban J connectivity index is 2.05. The van der Waals surface area contributed by atoms with Gasteiger partial charge in [0.25, 0.3) is 0 Å². The quantitative estimate of drug-likeness (QED) is 0.0630. The lowest BCUT2D eigenvalue weighted by atomic mass is 8.66. The maximum absolute atomic E-state index is 2.65. The summed E-state index contributed by atoms with van der Waals surface area (Å²) >= 11 is 0. The van der Waals surface area contributed by atoms with Crippen molar-refractivity contribution in [3.05, 3.63) is 83.5 Å². The van der Waals surface area contributed by atoms with E-state index in [4.69, 9.17) is 0 Å². The molecule has 0 fully saturated rings. The van der Waals surface area contributed by atoms with E-state index in [1.807, 2.05) is 0 Å². The van der Waals surface area contributed by atoms with Gasteiger partial charge in [0.05, 0.1) is 178 Å². The Morgan fingerprint density at radius 2 is 0.659 bits per heavy atom. The van der Waals surface area contributed by atoms with Crippen molar-refractivity contribution < 1.29 is 0 Å². The fourth-order valence-electron chi connectivity index (χ4n) is 17.4. The summed E-state index contributed by atoms with van der Waals surface area (Å²) in [6.45, 7) is 38.6. The van der Waals surface area contributed by atoms with E-state index in [0.29, 0.717) is 70.8 Å². The van der Waals surface area contributed by atoms with Crippen molar-refractivity contribution >= 4 is 320 Å². The van der Waals surface area contributed by atoms with Crippen molar-refractivity contribution in [1.29, 1.82) is 0 Å². The Labute approximate surface area is 525 Å². The van der Waals surface area contributed by atoms with Crippen LogP contribution in [0.1, 0.15) is 83.5 Å². The van der Waals surface area contributed by atoms with E-state index in [9.17, 15) is 0 Å². The first-order chi connectivity index (χ1) is 38.2. The number of aryl methyl sites for hydroxylation is 7. The summed E-state index contributed by atoms with van der Waals surface area (Å²) in [5, 5.41) is 12.1. The molecule has 0 aliphatic heterocycles. The summed E-state index contributed by atoms with van der Waals surface area (Å²) < 4.78 is 0. The van der Waals surface area contributed by atoms with Crippen LogP contribution in [0, 0.1) is 104 Å². The van der Waals surface area contributed by atoms with Gasteiger partial charge in [-0.05, 0) is 253 Å². The van der Waals surface area contributed by atoms with Gasteiger partial charge < -0.3 is 0 Å². The molecule has 82 heavy (non-hydrogen) atoms. The van der Waals surface area contributed by atoms with Gasteiger partial charge in [-0.15, -0.1) is 10.9 Å². The highest BCUT2D eigenvalue weighted by Gasteiger charge is 2.43. The smallest absolute Gasteiger partial charge is 0.113 e. The molecule has 0 unspecified atom stereocenters. The molecule has 0 aromatic heterocycles. The Morgan fingerprint density at radius 1 is 0.280 bits per heavy atom. The highest BCUT2D eigenvalue weighted by atomic mass is 14.3.